The number of nitrogens with one attached hydrogen (secondary N) is 1. The molecule has 0 spiro atoms. The van der Waals surface area contributed by atoms with Gasteiger partial charge in [-0.25, -0.2) is 4.39 Å². The molecule has 0 saturated heterocycles. The molecule has 2 rings (SSSR count). The van der Waals surface area contributed by atoms with E-state index in [1.54, 1.807) is 31.2 Å². The zero-order chi connectivity index (χ0) is 14.7. The van der Waals surface area contributed by atoms with Crippen molar-refractivity contribution in [3.63, 3.8) is 0 Å². The number of anilines is 2. The number of hydrogen-bond donors (Lipinski definition) is 2. The number of benzene rings is 2. The van der Waals surface area contributed by atoms with Gasteiger partial charge < -0.3 is 15.8 Å². The monoisotopic (exact) mass is 274 g/mol. The molecule has 0 aliphatic heterocycles. The minimum absolute atomic E-state index is 0.337. The normalized spacial score (nSPS) is 10.2. The van der Waals surface area contributed by atoms with E-state index in [2.05, 4.69) is 5.32 Å². The minimum Gasteiger partial charge on any atom is -0.496 e. The van der Waals surface area contributed by atoms with Gasteiger partial charge in [0, 0.05) is 17.4 Å². The van der Waals surface area contributed by atoms with Crippen LogP contribution in [-0.2, 0) is 0 Å². The molecule has 5 heteroatoms. The minimum atomic E-state index is -0.399. The van der Waals surface area contributed by atoms with Gasteiger partial charge in [-0.05, 0) is 42.8 Å². The van der Waals surface area contributed by atoms with Gasteiger partial charge in [-0.1, -0.05) is 0 Å². The molecule has 3 N–H and O–H groups in total. The Morgan fingerprint density at radius 3 is 2.65 bits per heavy atom. The van der Waals surface area contributed by atoms with E-state index in [1.165, 1.54) is 19.2 Å². The van der Waals surface area contributed by atoms with Crippen LogP contribution >= 0.6 is 0 Å². The highest BCUT2D eigenvalue weighted by atomic mass is 19.1. The molecule has 0 unspecified atom stereocenters. The predicted octanol–water partition coefficient (Wildman–Crippen LogP) is 2.98. The molecule has 20 heavy (non-hydrogen) atoms. The average Bonchev–Trinajstić information content (AvgIpc) is 2.37. The van der Waals surface area contributed by atoms with Gasteiger partial charge in [0.05, 0.1) is 12.7 Å². The molecular weight excluding hydrogens is 259 g/mol. The lowest BCUT2D eigenvalue weighted by Crippen LogP contribution is -2.13. The Morgan fingerprint density at radius 1 is 1.25 bits per heavy atom. The number of nitrogens with two attached hydrogens (primary N) is 1. The van der Waals surface area contributed by atoms with Crippen molar-refractivity contribution in [1.29, 1.82) is 0 Å². The molecule has 0 fully saturated rings. The first-order chi connectivity index (χ1) is 9.49. The van der Waals surface area contributed by atoms with E-state index >= 15 is 0 Å². The van der Waals surface area contributed by atoms with Gasteiger partial charge in [-0.2, -0.15) is 0 Å². The average molecular weight is 274 g/mol. The van der Waals surface area contributed by atoms with Crippen LogP contribution in [0.1, 0.15) is 15.9 Å². The van der Waals surface area contributed by atoms with E-state index in [9.17, 15) is 9.18 Å². The van der Waals surface area contributed by atoms with Gasteiger partial charge in [0.25, 0.3) is 5.91 Å². The Morgan fingerprint density at radius 2 is 2.00 bits per heavy atom. The van der Waals surface area contributed by atoms with Crippen molar-refractivity contribution < 1.29 is 13.9 Å². The fourth-order valence-corrected chi connectivity index (χ4v) is 1.90. The van der Waals surface area contributed by atoms with Gasteiger partial charge in [-0.3, -0.25) is 4.79 Å². The number of aryl methyl sites for hydroxylation is 1. The summed E-state index contributed by atoms with van der Waals surface area (Å²) in [5.74, 6) is -0.410. The zero-order valence-corrected chi connectivity index (χ0v) is 11.2. The highest BCUT2D eigenvalue weighted by molar-refractivity contribution is 6.06. The largest absolute Gasteiger partial charge is 0.496 e. The maximum absolute atomic E-state index is 13.3. The molecule has 104 valence electrons. The zero-order valence-electron chi connectivity index (χ0n) is 11.2. The lowest BCUT2D eigenvalue weighted by molar-refractivity contribution is 0.102. The third kappa shape index (κ3) is 3.06. The van der Waals surface area contributed by atoms with Crippen LogP contribution in [0.25, 0.3) is 0 Å². The molecule has 4 nitrogen and oxygen atoms in total. The quantitative estimate of drug-likeness (QED) is 0.846. The number of amides is 1. The van der Waals surface area contributed by atoms with E-state index < -0.39 is 5.82 Å². The Labute approximate surface area is 116 Å². The second-order valence-corrected chi connectivity index (χ2v) is 4.43. The van der Waals surface area contributed by atoms with Crippen LogP contribution in [0.2, 0.25) is 0 Å². The SMILES string of the molecule is COc1cc(N)ccc1C(=O)Nc1cc(C)cc(F)c1. The topological polar surface area (TPSA) is 64.3 Å². The van der Waals surface area contributed by atoms with E-state index in [-0.39, 0.29) is 5.91 Å². The van der Waals surface area contributed by atoms with Crippen LogP contribution in [0, 0.1) is 12.7 Å². The summed E-state index contributed by atoms with van der Waals surface area (Å²) >= 11 is 0. The number of rotatable bonds is 3. The first kappa shape index (κ1) is 13.9. The highest BCUT2D eigenvalue weighted by Crippen LogP contribution is 2.23. The number of nitrogen functional groups attached to an aromatic ring is 1. The molecular formula is C15H15FN2O2. The van der Waals surface area contributed by atoms with E-state index in [4.69, 9.17) is 10.5 Å². The third-order valence-corrected chi connectivity index (χ3v) is 2.77. The maximum atomic E-state index is 13.3. The Balaban J connectivity index is 2.28. The molecule has 0 radical (unpaired) electrons. The number of hydrogen-bond acceptors (Lipinski definition) is 3. The highest BCUT2D eigenvalue weighted by Gasteiger charge is 2.13. The van der Waals surface area contributed by atoms with Crippen LogP contribution in [0.15, 0.2) is 36.4 Å². The van der Waals surface area contributed by atoms with Gasteiger partial charge in [0.1, 0.15) is 11.6 Å². The summed E-state index contributed by atoms with van der Waals surface area (Å²) in [6.07, 6.45) is 0. The van der Waals surface area contributed by atoms with Crippen LogP contribution in [0.4, 0.5) is 15.8 Å². The molecule has 0 aromatic heterocycles. The molecule has 1 amide bonds. The number of carbonyl (C=O) groups excluding carboxylic acids is 1. The van der Waals surface area contributed by atoms with Crippen LogP contribution < -0.4 is 15.8 Å². The molecule has 0 bridgehead atoms. The van der Waals surface area contributed by atoms with Crippen LogP contribution in [0.3, 0.4) is 0 Å². The number of carbonyl (C=O) groups is 1. The summed E-state index contributed by atoms with van der Waals surface area (Å²) in [6, 6.07) is 9.06. The fraction of sp³-hybridized carbons (Fsp3) is 0.133. The molecule has 0 aliphatic rings. The van der Waals surface area contributed by atoms with Gasteiger partial charge >= 0.3 is 0 Å². The van der Waals surface area contributed by atoms with Crippen molar-refractivity contribution in [3.05, 3.63) is 53.3 Å². The van der Waals surface area contributed by atoms with E-state index in [0.29, 0.717) is 22.7 Å². The summed E-state index contributed by atoms with van der Waals surface area (Å²) in [5.41, 5.74) is 7.59. The predicted molar refractivity (Wildman–Crippen MR) is 76.5 cm³/mol. The van der Waals surface area contributed by atoms with Gasteiger partial charge in [-0.15, -0.1) is 0 Å². The molecule has 0 heterocycles. The summed E-state index contributed by atoms with van der Waals surface area (Å²) in [4.78, 5) is 12.2. The molecule has 2 aromatic carbocycles. The van der Waals surface area contributed by atoms with Gasteiger partial charge in [0.15, 0.2) is 0 Å². The molecule has 0 saturated carbocycles. The summed E-state index contributed by atoms with van der Waals surface area (Å²) in [7, 11) is 1.46. The standard InChI is InChI=1S/C15H15FN2O2/c1-9-5-10(16)7-12(6-9)18-15(19)13-4-3-11(17)8-14(13)20-2/h3-8H,17H2,1-2H3,(H,18,19). The van der Waals surface area contributed by atoms with Crippen molar-refractivity contribution in [2.75, 3.05) is 18.2 Å². The first-order valence-corrected chi connectivity index (χ1v) is 6.01. The van der Waals surface area contributed by atoms with E-state index in [1.807, 2.05) is 0 Å². The molecule has 2 aromatic rings. The van der Waals surface area contributed by atoms with Crippen molar-refractivity contribution >= 4 is 17.3 Å². The van der Waals surface area contributed by atoms with Crippen molar-refractivity contribution in [2.24, 2.45) is 0 Å². The summed E-state index contributed by atoms with van der Waals surface area (Å²) in [6.45, 7) is 1.75. The number of halogens is 1. The number of methoxy groups -OCH3 is 1. The van der Waals surface area contributed by atoms with E-state index in [0.717, 1.165) is 5.56 Å². The number of ether oxygens (including phenoxy) is 1. The first-order valence-electron chi connectivity index (χ1n) is 6.01. The Hall–Kier alpha value is -2.56. The second kappa shape index (κ2) is 5.61. The lowest BCUT2D eigenvalue weighted by Gasteiger charge is -2.10. The molecule has 0 atom stereocenters. The van der Waals surface area contributed by atoms with Crippen molar-refractivity contribution in [1.82, 2.24) is 0 Å². The van der Waals surface area contributed by atoms with Crippen molar-refractivity contribution in [2.45, 2.75) is 6.92 Å². The van der Waals surface area contributed by atoms with Crippen LogP contribution in [-0.4, -0.2) is 13.0 Å². The summed E-state index contributed by atoms with van der Waals surface area (Å²) < 4.78 is 18.4. The summed E-state index contributed by atoms with van der Waals surface area (Å²) in [5, 5.41) is 2.63. The maximum Gasteiger partial charge on any atom is 0.259 e. The second-order valence-electron chi connectivity index (χ2n) is 4.43. The van der Waals surface area contributed by atoms with Crippen molar-refractivity contribution in [3.8, 4) is 5.75 Å². The fourth-order valence-electron chi connectivity index (χ4n) is 1.90. The lowest BCUT2D eigenvalue weighted by atomic mass is 10.1. The van der Waals surface area contributed by atoms with Crippen LogP contribution in [0.5, 0.6) is 5.75 Å². The Bertz CT molecular complexity index is 636. The molecule has 0 aliphatic carbocycles. The third-order valence-electron chi connectivity index (χ3n) is 2.77. The van der Waals surface area contributed by atoms with Gasteiger partial charge in [0.2, 0.25) is 0 Å². The smallest absolute Gasteiger partial charge is 0.259 e. The Kier molecular flexibility index (Phi) is 3.89.